The lowest BCUT2D eigenvalue weighted by atomic mass is 9.49. The highest BCUT2D eigenvalue weighted by atomic mass is 79.9. The molecule has 0 aliphatic carbocycles. The van der Waals surface area contributed by atoms with Gasteiger partial charge < -0.3 is 96.4 Å². The zero-order valence-electron chi connectivity index (χ0n) is 63.8. The summed E-state index contributed by atoms with van der Waals surface area (Å²) in [6.07, 6.45) is 3.37. The summed E-state index contributed by atoms with van der Waals surface area (Å²) in [5.41, 5.74) is -1.03. The van der Waals surface area contributed by atoms with Gasteiger partial charge in [0.1, 0.15) is 58.4 Å². The van der Waals surface area contributed by atoms with Crippen molar-refractivity contribution < 1.29 is 104 Å². The van der Waals surface area contributed by atoms with Gasteiger partial charge in [-0.1, -0.05) is 28.1 Å². The van der Waals surface area contributed by atoms with Crippen LogP contribution in [0.25, 0.3) is 11.3 Å². The maximum Gasteiger partial charge on any atom is 0.569 e. The zero-order valence-corrected chi connectivity index (χ0v) is 67.0. The Hall–Kier alpha value is -7.47. The number of ether oxygens (including phenoxy) is 11. The molecule has 579 valence electrons. The number of alkyl carbamates (subject to hydrolysis) is 3. The number of hydrogen-bond acceptors (Lipinski definition) is 27. The first-order valence-electron chi connectivity index (χ1n) is 34.0. The molecule has 0 aromatic carbocycles. The van der Waals surface area contributed by atoms with Crippen LogP contribution in [0.1, 0.15) is 153 Å². The first kappa shape index (κ1) is 91.7. The summed E-state index contributed by atoms with van der Waals surface area (Å²) in [5.74, 6) is 0.878. The fourth-order valence-electron chi connectivity index (χ4n) is 7.90. The number of carbonyl (C=O) groups is 5. The maximum absolute atomic E-state index is 11.9. The molecule has 1 radical (unpaired) electrons. The second kappa shape index (κ2) is 45.3. The van der Waals surface area contributed by atoms with Gasteiger partial charge in [-0.25, -0.2) is 48.9 Å². The van der Waals surface area contributed by atoms with E-state index in [0.29, 0.717) is 133 Å². The number of halogens is 2. The van der Waals surface area contributed by atoms with E-state index in [1.54, 1.807) is 128 Å². The van der Waals surface area contributed by atoms with Gasteiger partial charge in [-0.05, 0) is 190 Å². The van der Waals surface area contributed by atoms with E-state index in [-0.39, 0.29) is 40.7 Å². The van der Waals surface area contributed by atoms with Crippen LogP contribution in [0.15, 0.2) is 100 Å². The minimum absolute atomic E-state index is 0.243. The van der Waals surface area contributed by atoms with Gasteiger partial charge in [-0.3, -0.25) is 0 Å². The van der Waals surface area contributed by atoms with Crippen molar-refractivity contribution in [3.8, 4) is 34.6 Å². The van der Waals surface area contributed by atoms with Crippen molar-refractivity contribution in [2.75, 3.05) is 92.3 Å². The third kappa shape index (κ3) is 38.1. The van der Waals surface area contributed by atoms with E-state index in [4.69, 9.17) is 80.4 Å². The Morgan fingerprint density at radius 3 is 1.24 bits per heavy atom. The summed E-state index contributed by atoms with van der Waals surface area (Å²) >= 11 is 6.50. The number of aromatic nitrogens is 5. The Morgan fingerprint density at radius 1 is 0.486 bits per heavy atom. The molecule has 0 spiro atoms. The van der Waals surface area contributed by atoms with Crippen LogP contribution in [0.2, 0.25) is 0 Å². The van der Waals surface area contributed by atoms with Crippen molar-refractivity contribution >= 4 is 83.8 Å². The Labute approximate surface area is 635 Å². The number of nitrogens with one attached hydrogen (secondary N) is 3. The molecule has 2 aliphatic heterocycles. The highest BCUT2D eigenvalue weighted by Crippen LogP contribution is 2.43. The molecule has 3 amide bonds. The van der Waals surface area contributed by atoms with Gasteiger partial charge in [-0.15, -0.1) is 0 Å². The predicted molar refractivity (Wildman–Crippen MR) is 400 cm³/mol. The van der Waals surface area contributed by atoms with Crippen LogP contribution in [0.4, 0.5) is 14.4 Å². The van der Waals surface area contributed by atoms with Crippen LogP contribution < -0.4 is 34.8 Å². The number of hydrogen-bond donors (Lipinski definition) is 4. The maximum atomic E-state index is 11.9. The molecular formula is C70H104B3Br2N8O22. The van der Waals surface area contributed by atoms with Crippen molar-refractivity contribution in [2.24, 2.45) is 0 Å². The third-order valence-corrected chi connectivity index (χ3v) is 14.9. The van der Waals surface area contributed by atoms with Crippen molar-refractivity contribution in [2.45, 2.75) is 171 Å². The van der Waals surface area contributed by atoms with Gasteiger partial charge >= 0.3 is 51.9 Å². The Morgan fingerprint density at radius 2 is 0.857 bits per heavy atom. The van der Waals surface area contributed by atoms with E-state index in [2.05, 4.69) is 72.7 Å². The summed E-state index contributed by atoms with van der Waals surface area (Å²) < 4.78 is 87.7. The second-order valence-corrected chi connectivity index (χ2v) is 29.1. The van der Waals surface area contributed by atoms with Gasteiger partial charge in [0.15, 0.2) is 0 Å². The number of nitrogens with zero attached hydrogens (tertiary/aromatic N) is 5. The predicted octanol–water partition coefficient (Wildman–Crippen LogP) is 11.2. The van der Waals surface area contributed by atoms with Crippen LogP contribution >= 0.6 is 31.9 Å². The molecule has 4 N–H and O–H groups in total. The lowest BCUT2D eigenvalue weighted by Crippen LogP contribution is -2.41. The quantitative estimate of drug-likeness (QED) is 0.0114. The highest BCUT2D eigenvalue weighted by Gasteiger charge is 2.63. The Kier molecular flexibility index (Phi) is 39.5. The molecule has 2 aliphatic rings. The van der Waals surface area contributed by atoms with Crippen LogP contribution in [-0.4, -0.2) is 213 Å². The molecule has 2 saturated heterocycles. The summed E-state index contributed by atoms with van der Waals surface area (Å²) in [6, 6.07) is 20.5. The summed E-state index contributed by atoms with van der Waals surface area (Å²) in [5, 5.41) is 16.4. The van der Waals surface area contributed by atoms with Crippen molar-refractivity contribution in [1.29, 1.82) is 0 Å². The third-order valence-electron chi connectivity index (χ3n) is 14.0. The molecule has 7 heterocycles. The van der Waals surface area contributed by atoms with Crippen LogP contribution in [0.5, 0.6) is 23.4 Å². The molecular weight excluding hydrogens is 1500 g/mol. The number of rotatable bonds is 29. The molecule has 0 atom stereocenters. The van der Waals surface area contributed by atoms with E-state index in [0.717, 1.165) is 10.0 Å². The van der Waals surface area contributed by atoms with E-state index in [1.807, 2.05) is 82.2 Å². The lowest BCUT2D eigenvalue weighted by Gasteiger charge is -2.32. The second-order valence-electron chi connectivity index (χ2n) is 27.4. The molecule has 7 rings (SSSR count). The zero-order chi connectivity index (χ0) is 78.5. The normalized spacial score (nSPS) is 14.4. The Balaban J connectivity index is 0.000000351. The average molecular weight is 1600 g/mol. The van der Waals surface area contributed by atoms with Crippen LogP contribution in [0, 0.1) is 0 Å². The molecule has 35 heteroatoms. The Bertz CT molecular complexity index is 3370. The van der Waals surface area contributed by atoms with Gasteiger partial charge in [0.25, 0.3) is 0 Å². The largest absolute Gasteiger partial charge is 0.569 e. The minimum atomic E-state index is -0.532. The van der Waals surface area contributed by atoms with Crippen LogP contribution in [0.3, 0.4) is 0 Å². The minimum Gasteiger partial charge on any atom is -0.537 e. The van der Waals surface area contributed by atoms with Gasteiger partial charge in [0, 0.05) is 66.5 Å². The average Bonchev–Trinajstić information content (AvgIpc) is 1.60. The van der Waals surface area contributed by atoms with Crippen molar-refractivity contribution in [3.63, 3.8) is 0 Å². The van der Waals surface area contributed by atoms with Gasteiger partial charge in [0.05, 0.1) is 81.0 Å². The molecule has 2 fully saturated rings. The number of esters is 2. The van der Waals surface area contributed by atoms with Gasteiger partial charge in [-0.2, -0.15) is 0 Å². The van der Waals surface area contributed by atoms with E-state index in [9.17, 15) is 24.0 Å². The fourth-order valence-corrected chi connectivity index (χ4v) is 8.55. The van der Waals surface area contributed by atoms with Crippen LogP contribution in [-0.2, 0) is 56.5 Å². The molecule has 0 bridgehead atoms. The lowest BCUT2D eigenvalue weighted by molar-refractivity contribution is 0.00578. The highest BCUT2D eigenvalue weighted by molar-refractivity contribution is 9.10. The molecule has 30 nitrogen and oxygen atoms in total. The topological polar surface area (TPSA) is 354 Å². The molecule has 5 aromatic rings. The number of amides is 3. The van der Waals surface area contributed by atoms with Crippen molar-refractivity contribution in [1.82, 2.24) is 40.9 Å². The standard InChI is InChI=1S/C22H29N3O6.C14H22BN2O6.C14H21BrN2O4.C12H24B2O4.C8H8BrNO2/c1-5-29-20(26)18-8-6-7-17(25-18)16-9-10-23-19(15-16)30-14-13-28-12-11-24-21(27)31-22(2,3)4;1-14(2,3)22-13(18)17-6-7-20-8-9-21-12-10-11(23-15-19)4-5-16-12;1-14(2,3)21-13(18)17-6-7-19-8-9-20-12-10-11(15)4-5-16-12;1-9(2)10(3,4)16-13(15-9)14-17-11(5,6)12(7,8)18-14;1-2-12-8(11)6-4-3-5-7(9)10-6/h6-10,15H,5,11-14H2,1-4H3,(H,24,27);4-5,10,19H,6-9H2,1-3H3,(H,17,18);4-5,10H,6-9H2,1-3H3,(H,17,18);1-8H3;3-5H,2H2,1H3. The molecule has 0 unspecified atom stereocenters. The number of pyridine rings is 5. The summed E-state index contributed by atoms with van der Waals surface area (Å²) in [6.45, 7) is 40.9. The molecule has 5 aromatic heterocycles. The van der Waals surface area contributed by atoms with E-state index in [1.165, 1.54) is 12.3 Å². The van der Waals surface area contributed by atoms with E-state index >= 15 is 0 Å². The monoisotopic (exact) mass is 1600 g/mol. The van der Waals surface area contributed by atoms with Gasteiger partial charge in [0.2, 0.25) is 17.6 Å². The molecule has 0 saturated carbocycles. The first-order chi connectivity index (χ1) is 49.2. The summed E-state index contributed by atoms with van der Waals surface area (Å²) in [7, 11) is -0.369. The SMILES string of the molecule is CC(C)(C)OC(=O)NCCOCCOc1cc(Br)ccn1.CC(C)(C)OC(=O)NCCOCCOc1cc(O[B]O)ccn1.CC1(C)OB(B2OC(C)(C)C(C)(C)O2)OC1(C)C.CCOC(=O)c1cccc(-c2ccnc(OCCOCCNC(=O)OC(C)(C)C)c2)n1.CCOC(=O)c1cccc(Br)n1. The number of carbonyl (C=O) groups excluding carboxylic acids is 5. The molecule has 105 heavy (non-hydrogen) atoms. The smallest absolute Gasteiger partial charge is 0.537 e. The first-order valence-corrected chi connectivity index (χ1v) is 35.6. The summed E-state index contributed by atoms with van der Waals surface area (Å²) in [4.78, 5) is 77.7. The van der Waals surface area contributed by atoms with E-state index < -0.39 is 55.1 Å². The van der Waals surface area contributed by atoms with Crippen molar-refractivity contribution in [3.05, 3.63) is 112 Å². The fraction of sp³-hybridized carbons (Fsp3) is 0.571.